The maximum Gasteiger partial charge on any atom is 0.340 e. The lowest BCUT2D eigenvalue weighted by atomic mass is 10.1. The van der Waals surface area contributed by atoms with Crippen molar-refractivity contribution in [3.05, 3.63) is 39.1 Å². The second kappa shape index (κ2) is 7.52. The van der Waals surface area contributed by atoms with Gasteiger partial charge in [0.1, 0.15) is 16.7 Å². The van der Waals surface area contributed by atoms with E-state index in [0.717, 1.165) is 0 Å². The number of rotatable bonds is 5. The quantitative estimate of drug-likeness (QED) is 0.427. The van der Waals surface area contributed by atoms with Gasteiger partial charge in [0.15, 0.2) is 5.82 Å². The van der Waals surface area contributed by atoms with Gasteiger partial charge in [-0.3, -0.25) is 15.6 Å². The van der Waals surface area contributed by atoms with Crippen LogP contribution in [-0.4, -0.2) is 33.4 Å². The number of hydrazine groups is 1. The molecule has 25 heavy (non-hydrogen) atoms. The van der Waals surface area contributed by atoms with E-state index in [2.05, 4.69) is 25.8 Å². The Hall–Kier alpha value is -2.61. The number of hydrogen-bond donors (Lipinski definition) is 3. The summed E-state index contributed by atoms with van der Waals surface area (Å²) in [5.74, 6) is -0.0287. The average molecular weight is 366 g/mol. The molecule has 134 valence electrons. The third-order valence-corrected chi connectivity index (χ3v) is 4.00. The molecule has 1 amide bonds. The summed E-state index contributed by atoms with van der Waals surface area (Å²) in [6.07, 6.45) is 0. The van der Waals surface area contributed by atoms with Gasteiger partial charge in [0.2, 0.25) is 0 Å². The number of H-pyrrole nitrogens is 1. The highest BCUT2D eigenvalue weighted by molar-refractivity contribution is 6.30. The number of aromatic amines is 1. The summed E-state index contributed by atoms with van der Waals surface area (Å²) in [6, 6.07) is 0. The number of carbonyl (C=O) groups is 2. The number of nitrogens with zero attached hydrogens (tertiary/aromatic N) is 2. The number of halogens is 1. The predicted molar refractivity (Wildman–Crippen MR) is 93.8 cm³/mol. The largest absolute Gasteiger partial charge is 0.462 e. The van der Waals surface area contributed by atoms with Gasteiger partial charge in [-0.2, -0.15) is 0 Å². The smallest absolute Gasteiger partial charge is 0.340 e. The summed E-state index contributed by atoms with van der Waals surface area (Å²) in [5, 5.41) is 0.306. The molecule has 0 radical (unpaired) electrons. The highest BCUT2D eigenvalue weighted by Gasteiger charge is 2.23. The van der Waals surface area contributed by atoms with E-state index in [4.69, 9.17) is 16.3 Å². The Morgan fingerprint density at radius 3 is 2.48 bits per heavy atom. The minimum atomic E-state index is -0.463. The molecule has 2 rings (SSSR count). The lowest BCUT2D eigenvalue weighted by Crippen LogP contribution is -2.31. The van der Waals surface area contributed by atoms with Gasteiger partial charge in [-0.25, -0.2) is 14.8 Å². The fourth-order valence-electron chi connectivity index (χ4n) is 2.38. The van der Waals surface area contributed by atoms with Gasteiger partial charge in [-0.1, -0.05) is 11.6 Å². The van der Waals surface area contributed by atoms with Crippen molar-refractivity contribution in [3.8, 4) is 0 Å². The van der Waals surface area contributed by atoms with Gasteiger partial charge in [-0.05, 0) is 40.2 Å². The van der Waals surface area contributed by atoms with Gasteiger partial charge in [0.25, 0.3) is 5.91 Å². The number of anilines is 1. The first-order valence-electron chi connectivity index (χ1n) is 7.69. The Bertz CT molecular complexity index is 832. The molecule has 8 nitrogen and oxygen atoms in total. The summed E-state index contributed by atoms with van der Waals surface area (Å²) in [7, 11) is 0. The molecule has 9 heteroatoms. The van der Waals surface area contributed by atoms with Crippen LogP contribution in [0.5, 0.6) is 0 Å². The molecular weight excluding hydrogens is 346 g/mol. The number of esters is 1. The molecule has 0 aliphatic rings. The fourth-order valence-corrected chi connectivity index (χ4v) is 2.59. The Balaban J connectivity index is 2.20. The first-order chi connectivity index (χ1) is 11.8. The average Bonchev–Trinajstić information content (AvgIpc) is 2.84. The van der Waals surface area contributed by atoms with Crippen LogP contribution in [0.2, 0.25) is 5.15 Å². The van der Waals surface area contributed by atoms with Crippen LogP contribution >= 0.6 is 11.6 Å². The molecule has 0 aromatic carbocycles. The number of hydrogen-bond acceptors (Lipinski definition) is 6. The Kier molecular flexibility index (Phi) is 5.63. The minimum Gasteiger partial charge on any atom is -0.462 e. The third kappa shape index (κ3) is 3.90. The molecule has 0 atom stereocenters. The van der Waals surface area contributed by atoms with Crippen LogP contribution in [0.15, 0.2) is 0 Å². The minimum absolute atomic E-state index is 0.263. The monoisotopic (exact) mass is 365 g/mol. The number of aryl methyl sites for hydroxylation is 2. The van der Waals surface area contributed by atoms with E-state index in [0.29, 0.717) is 39.2 Å². The van der Waals surface area contributed by atoms with E-state index in [1.165, 1.54) is 0 Å². The normalized spacial score (nSPS) is 10.5. The topological polar surface area (TPSA) is 109 Å². The summed E-state index contributed by atoms with van der Waals surface area (Å²) >= 11 is 6.00. The molecule has 2 aromatic rings. The second-order valence-corrected chi connectivity index (χ2v) is 5.82. The van der Waals surface area contributed by atoms with Crippen LogP contribution in [0.1, 0.15) is 50.4 Å². The molecule has 0 saturated carbocycles. The van der Waals surface area contributed by atoms with Crippen LogP contribution in [0.4, 0.5) is 5.82 Å². The van der Waals surface area contributed by atoms with E-state index >= 15 is 0 Å². The zero-order valence-corrected chi connectivity index (χ0v) is 15.5. The molecule has 0 saturated heterocycles. The van der Waals surface area contributed by atoms with Crippen molar-refractivity contribution >= 4 is 29.3 Å². The van der Waals surface area contributed by atoms with Crippen molar-refractivity contribution in [1.82, 2.24) is 20.4 Å². The molecule has 2 aromatic heterocycles. The van der Waals surface area contributed by atoms with Crippen molar-refractivity contribution in [2.75, 3.05) is 12.0 Å². The summed E-state index contributed by atoms with van der Waals surface area (Å²) in [4.78, 5) is 35.6. The number of carbonyl (C=O) groups excluding carboxylic acids is 2. The van der Waals surface area contributed by atoms with Crippen LogP contribution in [0, 0.1) is 27.7 Å². The maximum absolute atomic E-state index is 12.4. The Morgan fingerprint density at radius 1 is 1.16 bits per heavy atom. The summed E-state index contributed by atoms with van der Waals surface area (Å²) in [6.45, 7) is 8.81. The first-order valence-corrected chi connectivity index (χ1v) is 8.07. The van der Waals surface area contributed by atoms with Crippen molar-refractivity contribution < 1.29 is 14.3 Å². The fraction of sp³-hybridized carbons (Fsp3) is 0.375. The van der Waals surface area contributed by atoms with E-state index in [-0.39, 0.29) is 12.3 Å². The van der Waals surface area contributed by atoms with Crippen molar-refractivity contribution in [1.29, 1.82) is 0 Å². The van der Waals surface area contributed by atoms with E-state index in [1.807, 2.05) is 0 Å². The van der Waals surface area contributed by atoms with Crippen molar-refractivity contribution in [2.45, 2.75) is 34.6 Å². The summed E-state index contributed by atoms with van der Waals surface area (Å²) in [5.41, 5.74) is 7.60. The zero-order valence-electron chi connectivity index (χ0n) is 14.7. The van der Waals surface area contributed by atoms with Crippen LogP contribution in [0.3, 0.4) is 0 Å². The van der Waals surface area contributed by atoms with Gasteiger partial charge < -0.3 is 9.72 Å². The SMILES string of the molecule is CCOC(=O)c1c(C)[nH]c(C(=O)NNc2nc(C)nc(Cl)c2C)c1C. The van der Waals surface area contributed by atoms with E-state index in [9.17, 15) is 9.59 Å². The first kappa shape index (κ1) is 18.7. The number of nitrogens with one attached hydrogen (secondary N) is 3. The molecule has 2 heterocycles. The predicted octanol–water partition coefficient (Wildman–Crippen LogP) is 2.63. The standard InChI is InChI=1S/C16H20ClN5O3/c1-6-25-16(24)11-7(2)12(18-9(11)4)15(23)22-21-14-8(3)13(17)19-10(5)20-14/h18H,6H2,1-5H3,(H,22,23)(H,19,20,21). The molecule has 0 fully saturated rings. The van der Waals surface area contributed by atoms with E-state index < -0.39 is 11.9 Å². The molecular formula is C16H20ClN5O3. The molecule has 0 bridgehead atoms. The third-order valence-electron chi connectivity index (χ3n) is 3.64. The lowest BCUT2D eigenvalue weighted by molar-refractivity contribution is 0.0525. The molecule has 0 aliphatic heterocycles. The highest BCUT2D eigenvalue weighted by Crippen LogP contribution is 2.20. The molecule has 0 unspecified atom stereocenters. The van der Waals surface area contributed by atoms with Gasteiger partial charge >= 0.3 is 5.97 Å². The Morgan fingerprint density at radius 2 is 1.84 bits per heavy atom. The van der Waals surface area contributed by atoms with Gasteiger partial charge in [0, 0.05) is 11.3 Å². The second-order valence-electron chi connectivity index (χ2n) is 5.46. The van der Waals surface area contributed by atoms with Gasteiger partial charge in [0.05, 0.1) is 12.2 Å². The number of amides is 1. The van der Waals surface area contributed by atoms with Crippen LogP contribution in [-0.2, 0) is 4.74 Å². The molecule has 0 spiro atoms. The molecule has 0 aliphatic carbocycles. The summed E-state index contributed by atoms with van der Waals surface area (Å²) < 4.78 is 5.02. The van der Waals surface area contributed by atoms with Crippen LogP contribution < -0.4 is 10.9 Å². The van der Waals surface area contributed by atoms with E-state index in [1.54, 1.807) is 34.6 Å². The van der Waals surface area contributed by atoms with Crippen molar-refractivity contribution in [3.63, 3.8) is 0 Å². The highest BCUT2D eigenvalue weighted by atomic mass is 35.5. The number of aromatic nitrogens is 3. The van der Waals surface area contributed by atoms with Crippen LogP contribution in [0.25, 0.3) is 0 Å². The Labute approximate surface area is 150 Å². The maximum atomic E-state index is 12.4. The van der Waals surface area contributed by atoms with Crippen molar-refractivity contribution in [2.24, 2.45) is 0 Å². The number of ether oxygens (including phenoxy) is 1. The molecule has 3 N–H and O–H groups in total. The van der Waals surface area contributed by atoms with Gasteiger partial charge in [-0.15, -0.1) is 0 Å². The zero-order chi connectivity index (χ0) is 18.7. The lowest BCUT2D eigenvalue weighted by Gasteiger charge is -2.11.